The van der Waals surface area contributed by atoms with Gasteiger partial charge in [-0.1, -0.05) is 0 Å². The van der Waals surface area contributed by atoms with E-state index < -0.39 is 15.4 Å². The molecule has 0 bridgehead atoms. The Morgan fingerprint density at radius 2 is 2.11 bits per heavy atom. The van der Waals surface area contributed by atoms with Crippen molar-refractivity contribution in [2.24, 2.45) is 0 Å². The number of hydrogen-bond donors (Lipinski definition) is 1. The Kier molecular flexibility index (Phi) is 3.22. The van der Waals surface area contributed by atoms with Crippen LogP contribution in [0.2, 0.25) is 0 Å². The second-order valence-electron chi connectivity index (χ2n) is 5.86. The molecule has 1 saturated heterocycles. The van der Waals surface area contributed by atoms with Crippen LogP contribution in [-0.2, 0) is 15.4 Å². The van der Waals surface area contributed by atoms with Crippen molar-refractivity contribution < 1.29 is 8.42 Å². The highest BCUT2D eigenvalue weighted by molar-refractivity contribution is 7.91. The zero-order valence-electron chi connectivity index (χ0n) is 11.4. The molecule has 1 atom stereocenters. The van der Waals surface area contributed by atoms with E-state index in [0.29, 0.717) is 11.8 Å². The van der Waals surface area contributed by atoms with Gasteiger partial charge in [0, 0.05) is 10.9 Å². The first-order chi connectivity index (χ1) is 8.90. The monoisotopic (exact) mass is 300 g/mol. The first-order valence-electron chi connectivity index (χ1n) is 6.83. The minimum absolute atomic E-state index is 0.211. The van der Waals surface area contributed by atoms with Gasteiger partial charge in [-0.3, -0.25) is 0 Å². The van der Waals surface area contributed by atoms with Gasteiger partial charge in [0.2, 0.25) is 0 Å². The molecule has 2 heterocycles. The zero-order valence-corrected chi connectivity index (χ0v) is 13.0. The van der Waals surface area contributed by atoms with E-state index in [-0.39, 0.29) is 5.75 Å². The van der Waals surface area contributed by atoms with Crippen LogP contribution in [0.3, 0.4) is 0 Å². The number of sulfone groups is 1. The van der Waals surface area contributed by atoms with Crippen molar-refractivity contribution in [1.82, 2.24) is 10.3 Å². The Morgan fingerprint density at radius 3 is 2.63 bits per heavy atom. The first-order valence-corrected chi connectivity index (χ1v) is 9.47. The molecule has 6 heteroatoms. The summed E-state index contributed by atoms with van der Waals surface area (Å²) in [5.74, 6) is 0.535. The molecule has 0 spiro atoms. The molecule has 2 fully saturated rings. The Labute approximate surface area is 118 Å². The average molecular weight is 300 g/mol. The van der Waals surface area contributed by atoms with E-state index >= 15 is 0 Å². The molecule has 106 valence electrons. The summed E-state index contributed by atoms with van der Waals surface area (Å²) in [7, 11) is -2.96. The van der Waals surface area contributed by atoms with Crippen LogP contribution < -0.4 is 5.32 Å². The molecule has 4 nitrogen and oxygen atoms in total. The predicted octanol–water partition coefficient (Wildman–Crippen LogP) is 1.92. The molecular weight excluding hydrogens is 280 g/mol. The standard InChI is InChI=1S/C13H20N2O2S2/c1-9-10(2)18-12(14-9)13(15-11-4-5-11)6-3-7-19(16,17)8-13/h11,15H,3-8H2,1-2H3. The lowest BCUT2D eigenvalue weighted by molar-refractivity contribution is 0.322. The van der Waals surface area contributed by atoms with E-state index in [1.165, 1.54) is 4.88 Å². The van der Waals surface area contributed by atoms with E-state index in [4.69, 9.17) is 0 Å². The highest BCUT2D eigenvalue weighted by Crippen LogP contribution is 2.39. The normalized spacial score (nSPS) is 30.4. The van der Waals surface area contributed by atoms with Crippen molar-refractivity contribution in [1.29, 1.82) is 0 Å². The number of aromatic nitrogens is 1. The van der Waals surface area contributed by atoms with Crippen molar-refractivity contribution in [3.63, 3.8) is 0 Å². The number of aryl methyl sites for hydroxylation is 2. The maximum absolute atomic E-state index is 12.1. The van der Waals surface area contributed by atoms with E-state index in [1.807, 2.05) is 6.92 Å². The van der Waals surface area contributed by atoms with Gasteiger partial charge in [0.15, 0.2) is 9.84 Å². The molecule has 1 saturated carbocycles. The molecule has 0 aromatic carbocycles. The van der Waals surface area contributed by atoms with E-state index in [0.717, 1.165) is 36.4 Å². The summed E-state index contributed by atoms with van der Waals surface area (Å²) in [6.07, 6.45) is 3.94. The molecule has 3 rings (SSSR count). The van der Waals surface area contributed by atoms with Gasteiger partial charge in [-0.2, -0.15) is 0 Å². The Balaban J connectivity index is 2.00. The van der Waals surface area contributed by atoms with Gasteiger partial charge in [0.25, 0.3) is 0 Å². The summed E-state index contributed by atoms with van der Waals surface area (Å²) in [5, 5.41) is 4.56. The third kappa shape index (κ3) is 2.71. The largest absolute Gasteiger partial charge is 0.302 e. The number of rotatable bonds is 3. The molecule has 1 aliphatic carbocycles. The van der Waals surface area contributed by atoms with Gasteiger partial charge in [-0.15, -0.1) is 11.3 Å². The zero-order chi connectivity index (χ0) is 13.7. The van der Waals surface area contributed by atoms with Crippen molar-refractivity contribution in [2.45, 2.75) is 51.1 Å². The van der Waals surface area contributed by atoms with Crippen LogP contribution in [0.1, 0.15) is 41.3 Å². The molecule has 0 radical (unpaired) electrons. The van der Waals surface area contributed by atoms with Crippen LogP contribution in [0.4, 0.5) is 0 Å². The molecule has 0 amide bonds. The first kappa shape index (κ1) is 13.5. The molecular formula is C13H20N2O2S2. The molecule has 1 N–H and O–H groups in total. The van der Waals surface area contributed by atoms with Crippen LogP contribution in [0.5, 0.6) is 0 Å². The summed E-state index contributed by atoms with van der Waals surface area (Å²) < 4.78 is 24.1. The minimum atomic E-state index is -2.96. The number of hydrogen-bond acceptors (Lipinski definition) is 5. The lowest BCUT2D eigenvalue weighted by Gasteiger charge is -2.36. The van der Waals surface area contributed by atoms with Gasteiger partial charge >= 0.3 is 0 Å². The average Bonchev–Trinajstić information content (AvgIpc) is 3.03. The third-order valence-electron chi connectivity index (χ3n) is 4.02. The topological polar surface area (TPSA) is 59.1 Å². The van der Waals surface area contributed by atoms with Gasteiger partial charge < -0.3 is 5.32 Å². The van der Waals surface area contributed by atoms with E-state index in [2.05, 4.69) is 17.2 Å². The Bertz CT molecular complexity index is 570. The van der Waals surface area contributed by atoms with Gasteiger partial charge in [-0.05, 0) is 39.5 Å². The molecule has 1 aliphatic heterocycles. The van der Waals surface area contributed by atoms with Crippen LogP contribution in [-0.4, -0.2) is 30.9 Å². The van der Waals surface area contributed by atoms with Gasteiger partial charge in [0.1, 0.15) is 5.01 Å². The SMILES string of the molecule is Cc1nc(C2(NC3CC3)CCCS(=O)(=O)C2)sc1C. The smallest absolute Gasteiger partial charge is 0.152 e. The number of nitrogens with zero attached hydrogens (tertiary/aromatic N) is 1. The summed E-state index contributed by atoms with van der Waals surface area (Å²) in [4.78, 5) is 5.83. The lowest BCUT2D eigenvalue weighted by Crippen LogP contribution is -2.51. The highest BCUT2D eigenvalue weighted by Gasteiger charge is 2.45. The van der Waals surface area contributed by atoms with Crippen molar-refractivity contribution in [3.8, 4) is 0 Å². The fraction of sp³-hybridized carbons (Fsp3) is 0.769. The predicted molar refractivity (Wildman–Crippen MR) is 77.3 cm³/mol. The molecule has 19 heavy (non-hydrogen) atoms. The maximum Gasteiger partial charge on any atom is 0.152 e. The Morgan fingerprint density at radius 1 is 1.37 bits per heavy atom. The van der Waals surface area contributed by atoms with Crippen molar-refractivity contribution in [3.05, 3.63) is 15.6 Å². The third-order valence-corrected chi connectivity index (χ3v) is 7.14. The fourth-order valence-corrected chi connectivity index (χ4v) is 5.78. The van der Waals surface area contributed by atoms with E-state index in [1.54, 1.807) is 11.3 Å². The fourth-order valence-electron chi connectivity index (χ4n) is 2.75. The van der Waals surface area contributed by atoms with Crippen LogP contribution in [0.15, 0.2) is 0 Å². The van der Waals surface area contributed by atoms with E-state index in [9.17, 15) is 8.42 Å². The van der Waals surface area contributed by atoms with Crippen LogP contribution in [0.25, 0.3) is 0 Å². The summed E-state index contributed by atoms with van der Waals surface area (Å²) in [6.45, 7) is 4.05. The second kappa shape index (κ2) is 4.53. The van der Waals surface area contributed by atoms with Crippen molar-refractivity contribution >= 4 is 21.2 Å². The minimum Gasteiger partial charge on any atom is -0.302 e. The summed E-state index contributed by atoms with van der Waals surface area (Å²) in [5.41, 5.74) is 0.599. The lowest BCUT2D eigenvalue weighted by atomic mass is 9.96. The molecule has 2 aliphatic rings. The summed E-state index contributed by atoms with van der Waals surface area (Å²) in [6, 6.07) is 0.484. The maximum atomic E-state index is 12.1. The van der Waals surface area contributed by atoms with Gasteiger partial charge in [-0.25, -0.2) is 13.4 Å². The van der Waals surface area contributed by atoms with Crippen LogP contribution >= 0.6 is 11.3 Å². The van der Waals surface area contributed by atoms with Gasteiger partial charge in [0.05, 0.1) is 22.7 Å². The highest BCUT2D eigenvalue weighted by atomic mass is 32.2. The molecule has 1 aromatic heterocycles. The molecule has 1 aromatic rings. The molecule has 1 unspecified atom stereocenters. The number of thiazole rings is 1. The number of nitrogens with one attached hydrogen (secondary N) is 1. The van der Waals surface area contributed by atoms with Crippen LogP contribution in [0, 0.1) is 13.8 Å². The Hall–Kier alpha value is -0.460. The quantitative estimate of drug-likeness (QED) is 0.926. The van der Waals surface area contributed by atoms with Crippen molar-refractivity contribution in [2.75, 3.05) is 11.5 Å². The second-order valence-corrected chi connectivity index (χ2v) is 9.24. The summed E-state index contributed by atoms with van der Waals surface area (Å²) >= 11 is 1.65.